The van der Waals surface area contributed by atoms with E-state index in [1.54, 1.807) is 18.1 Å². The van der Waals surface area contributed by atoms with Crippen LogP contribution in [-0.4, -0.2) is 39.6 Å². The lowest BCUT2D eigenvalue weighted by Gasteiger charge is -2.15. The first-order valence-corrected chi connectivity index (χ1v) is 7.16. The standard InChI is InChI=1S/C15H19N5O/c1-20(9-7-11-4-2-3-8-17-11)15(21)14-12(16)13(18-19-14)10-5-6-10/h2-4,8,10H,5-7,9,16H2,1H3,(H,18,19). The summed E-state index contributed by atoms with van der Waals surface area (Å²) in [5, 5.41) is 7.01. The van der Waals surface area contributed by atoms with Crippen molar-refractivity contribution in [2.75, 3.05) is 19.3 Å². The average Bonchev–Trinajstić information content (AvgIpc) is 3.28. The summed E-state index contributed by atoms with van der Waals surface area (Å²) in [5.41, 5.74) is 8.75. The molecule has 3 rings (SSSR count). The third kappa shape index (κ3) is 2.89. The molecule has 0 bridgehead atoms. The summed E-state index contributed by atoms with van der Waals surface area (Å²) in [4.78, 5) is 18.3. The Kier molecular flexibility index (Phi) is 3.60. The molecule has 1 aliphatic carbocycles. The van der Waals surface area contributed by atoms with E-state index in [2.05, 4.69) is 15.2 Å². The Balaban J connectivity index is 1.64. The number of rotatable bonds is 5. The minimum Gasteiger partial charge on any atom is -0.395 e. The molecule has 0 unspecified atom stereocenters. The Hall–Kier alpha value is -2.37. The Bertz CT molecular complexity index is 633. The molecule has 0 saturated heterocycles. The molecule has 1 aliphatic rings. The minimum atomic E-state index is -0.147. The fourth-order valence-electron chi connectivity index (χ4n) is 2.32. The number of hydrogen-bond donors (Lipinski definition) is 2. The number of nitrogen functional groups attached to an aromatic ring is 1. The van der Waals surface area contributed by atoms with E-state index in [0.717, 1.165) is 24.2 Å². The first-order valence-electron chi connectivity index (χ1n) is 7.16. The van der Waals surface area contributed by atoms with E-state index in [9.17, 15) is 4.79 Å². The van der Waals surface area contributed by atoms with Gasteiger partial charge in [-0.1, -0.05) is 6.07 Å². The second kappa shape index (κ2) is 5.55. The molecule has 0 aromatic carbocycles. The zero-order valence-corrected chi connectivity index (χ0v) is 12.0. The van der Waals surface area contributed by atoms with Gasteiger partial charge in [0.1, 0.15) is 0 Å². The number of likely N-dealkylation sites (N-methyl/N-ethyl adjacent to an activating group) is 1. The molecular formula is C15H19N5O. The number of nitrogens with two attached hydrogens (primary N) is 1. The first-order chi connectivity index (χ1) is 10.2. The van der Waals surface area contributed by atoms with Crippen molar-refractivity contribution >= 4 is 11.6 Å². The van der Waals surface area contributed by atoms with Crippen LogP contribution < -0.4 is 5.73 Å². The van der Waals surface area contributed by atoms with Gasteiger partial charge in [-0.3, -0.25) is 14.9 Å². The van der Waals surface area contributed by atoms with Gasteiger partial charge in [0.25, 0.3) is 5.91 Å². The van der Waals surface area contributed by atoms with Gasteiger partial charge in [0.2, 0.25) is 0 Å². The number of carbonyl (C=O) groups is 1. The second-order valence-electron chi connectivity index (χ2n) is 5.47. The highest BCUT2D eigenvalue weighted by Crippen LogP contribution is 2.42. The molecule has 110 valence electrons. The van der Waals surface area contributed by atoms with Crippen molar-refractivity contribution in [1.29, 1.82) is 0 Å². The number of H-pyrrole nitrogens is 1. The topological polar surface area (TPSA) is 87.9 Å². The molecule has 6 heteroatoms. The molecule has 6 nitrogen and oxygen atoms in total. The van der Waals surface area contributed by atoms with Crippen LogP contribution in [0, 0.1) is 0 Å². The highest BCUT2D eigenvalue weighted by molar-refractivity contribution is 5.97. The van der Waals surface area contributed by atoms with Crippen LogP contribution in [0.4, 0.5) is 5.69 Å². The summed E-state index contributed by atoms with van der Waals surface area (Å²) < 4.78 is 0. The van der Waals surface area contributed by atoms with E-state index in [1.807, 2.05) is 18.2 Å². The van der Waals surface area contributed by atoms with Crippen LogP contribution in [0.1, 0.15) is 40.6 Å². The summed E-state index contributed by atoms with van der Waals surface area (Å²) in [5.74, 6) is 0.310. The van der Waals surface area contributed by atoms with Gasteiger partial charge in [-0.15, -0.1) is 0 Å². The molecule has 1 amide bonds. The van der Waals surface area contributed by atoms with Gasteiger partial charge in [0, 0.05) is 37.8 Å². The quantitative estimate of drug-likeness (QED) is 0.873. The zero-order valence-electron chi connectivity index (χ0n) is 12.0. The van der Waals surface area contributed by atoms with E-state index in [-0.39, 0.29) is 5.91 Å². The molecule has 2 heterocycles. The van der Waals surface area contributed by atoms with Crippen molar-refractivity contribution in [2.45, 2.75) is 25.2 Å². The third-order valence-electron chi connectivity index (χ3n) is 3.80. The van der Waals surface area contributed by atoms with Gasteiger partial charge < -0.3 is 10.6 Å². The highest BCUT2D eigenvalue weighted by Gasteiger charge is 2.30. The predicted octanol–water partition coefficient (Wildman–Crippen LogP) is 1.58. The molecule has 21 heavy (non-hydrogen) atoms. The van der Waals surface area contributed by atoms with E-state index < -0.39 is 0 Å². The summed E-state index contributed by atoms with van der Waals surface area (Å²) in [7, 11) is 1.76. The van der Waals surface area contributed by atoms with Crippen LogP contribution >= 0.6 is 0 Å². The van der Waals surface area contributed by atoms with Gasteiger partial charge in [0.15, 0.2) is 5.69 Å². The fraction of sp³-hybridized carbons (Fsp3) is 0.400. The van der Waals surface area contributed by atoms with Gasteiger partial charge in [-0.2, -0.15) is 5.10 Å². The molecule has 2 aromatic rings. The summed E-state index contributed by atoms with van der Waals surface area (Å²) in [6.45, 7) is 0.584. The molecule has 3 N–H and O–H groups in total. The molecule has 1 fully saturated rings. The molecule has 0 spiro atoms. The largest absolute Gasteiger partial charge is 0.395 e. The Labute approximate surface area is 123 Å². The van der Waals surface area contributed by atoms with Crippen molar-refractivity contribution in [2.24, 2.45) is 0 Å². The maximum Gasteiger partial charge on any atom is 0.276 e. The van der Waals surface area contributed by atoms with Crippen LogP contribution in [-0.2, 0) is 6.42 Å². The fourth-order valence-corrected chi connectivity index (χ4v) is 2.32. The first kappa shape index (κ1) is 13.6. The number of pyridine rings is 1. The highest BCUT2D eigenvalue weighted by atomic mass is 16.2. The maximum absolute atomic E-state index is 12.4. The number of aromatic amines is 1. The van der Waals surface area contributed by atoms with Crippen LogP contribution in [0.15, 0.2) is 24.4 Å². The van der Waals surface area contributed by atoms with Crippen LogP contribution in [0.5, 0.6) is 0 Å². The Morgan fingerprint density at radius 1 is 1.48 bits per heavy atom. The smallest absolute Gasteiger partial charge is 0.276 e. The minimum absolute atomic E-state index is 0.147. The SMILES string of the molecule is CN(CCc1ccccn1)C(=O)c1n[nH]c(C2CC2)c1N. The molecule has 0 atom stereocenters. The van der Waals surface area contributed by atoms with E-state index in [4.69, 9.17) is 5.73 Å². The van der Waals surface area contributed by atoms with Crippen molar-refractivity contribution in [3.8, 4) is 0 Å². The monoisotopic (exact) mass is 285 g/mol. The molecule has 1 saturated carbocycles. The lowest BCUT2D eigenvalue weighted by Crippen LogP contribution is -2.29. The van der Waals surface area contributed by atoms with Crippen molar-refractivity contribution in [3.63, 3.8) is 0 Å². The lowest BCUT2D eigenvalue weighted by atomic mass is 10.2. The zero-order chi connectivity index (χ0) is 14.8. The van der Waals surface area contributed by atoms with Gasteiger partial charge >= 0.3 is 0 Å². The lowest BCUT2D eigenvalue weighted by molar-refractivity contribution is 0.0791. The summed E-state index contributed by atoms with van der Waals surface area (Å²) in [6, 6.07) is 5.77. The van der Waals surface area contributed by atoms with Gasteiger partial charge in [0.05, 0.1) is 11.4 Å². The summed E-state index contributed by atoms with van der Waals surface area (Å²) >= 11 is 0. The second-order valence-corrected chi connectivity index (χ2v) is 5.47. The van der Waals surface area contributed by atoms with Crippen LogP contribution in [0.3, 0.4) is 0 Å². The summed E-state index contributed by atoms with van der Waals surface area (Å²) in [6.07, 6.45) is 4.71. The van der Waals surface area contributed by atoms with Crippen molar-refractivity contribution in [1.82, 2.24) is 20.1 Å². The van der Waals surface area contributed by atoms with Crippen molar-refractivity contribution < 1.29 is 4.79 Å². The third-order valence-corrected chi connectivity index (χ3v) is 3.80. The Morgan fingerprint density at radius 2 is 2.29 bits per heavy atom. The van der Waals surface area contributed by atoms with Gasteiger partial charge in [-0.25, -0.2) is 0 Å². The number of hydrogen-bond acceptors (Lipinski definition) is 4. The number of anilines is 1. The molecule has 2 aromatic heterocycles. The average molecular weight is 285 g/mol. The number of aromatic nitrogens is 3. The number of carbonyl (C=O) groups excluding carboxylic acids is 1. The van der Waals surface area contributed by atoms with Crippen LogP contribution in [0.25, 0.3) is 0 Å². The maximum atomic E-state index is 12.4. The van der Waals surface area contributed by atoms with E-state index in [1.165, 1.54) is 0 Å². The molecular weight excluding hydrogens is 266 g/mol. The predicted molar refractivity (Wildman–Crippen MR) is 79.9 cm³/mol. The number of nitrogens with zero attached hydrogens (tertiary/aromatic N) is 3. The van der Waals surface area contributed by atoms with E-state index >= 15 is 0 Å². The van der Waals surface area contributed by atoms with E-state index in [0.29, 0.717) is 30.3 Å². The van der Waals surface area contributed by atoms with Crippen molar-refractivity contribution in [3.05, 3.63) is 41.5 Å². The Morgan fingerprint density at radius 3 is 2.95 bits per heavy atom. The van der Waals surface area contributed by atoms with Gasteiger partial charge in [-0.05, 0) is 25.0 Å². The van der Waals surface area contributed by atoms with Crippen LogP contribution in [0.2, 0.25) is 0 Å². The molecule has 0 radical (unpaired) electrons. The number of nitrogens with one attached hydrogen (secondary N) is 1. The number of amides is 1. The normalized spacial score (nSPS) is 14.1. The molecule has 0 aliphatic heterocycles.